The molecule has 0 bridgehead atoms. The average Bonchev–Trinajstić information content (AvgIpc) is 3.49. The molecule has 7 rings (SSSR count). The van der Waals surface area contributed by atoms with E-state index < -0.39 is 0 Å². The zero-order valence-electron chi connectivity index (χ0n) is 19.9. The van der Waals surface area contributed by atoms with Crippen LogP contribution in [0.1, 0.15) is 30.3 Å². The van der Waals surface area contributed by atoms with E-state index in [4.69, 9.17) is 14.5 Å². The fourth-order valence-electron chi connectivity index (χ4n) is 5.94. The molecule has 4 N–H and O–H groups in total. The molecule has 8 heteroatoms. The van der Waals surface area contributed by atoms with Crippen molar-refractivity contribution in [3.63, 3.8) is 0 Å². The van der Waals surface area contributed by atoms with Crippen molar-refractivity contribution in [2.45, 2.75) is 25.3 Å². The van der Waals surface area contributed by atoms with Crippen molar-refractivity contribution in [2.24, 2.45) is 0 Å². The maximum absolute atomic E-state index is 10.5. The number of aromatic amines is 2. The van der Waals surface area contributed by atoms with Gasteiger partial charge in [0.2, 0.25) is 17.9 Å². The summed E-state index contributed by atoms with van der Waals surface area (Å²) in [6.45, 7) is 0. The molecule has 1 atom stereocenters. The van der Waals surface area contributed by atoms with Gasteiger partial charge in [-0.1, -0.05) is 24.3 Å². The van der Waals surface area contributed by atoms with Gasteiger partial charge in [0.15, 0.2) is 5.75 Å². The maximum atomic E-state index is 10.5. The van der Waals surface area contributed by atoms with E-state index in [1.165, 1.54) is 0 Å². The third-order valence-corrected chi connectivity index (χ3v) is 7.53. The Balaban J connectivity index is 1.54. The molecule has 0 amide bonds. The number of H-pyrrole nitrogens is 2. The highest BCUT2D eigenvalue weighted by atomic mass is 16.5. The highest BCUT2D eigenvalue weighted by Gasteiger charge is 2.36. The van der Waals surface area contributed by atoms with Crippen molar-refractivity contribution in [1.82, 2.24) is 15.0 Å². The number of fused-ring (bicyclic) bond motifs is 8. The minimum Gasteiger partial charge on any atom is -0.506 e. The molecule has 0 saturated heterocycles. The van der Waals surface area contributed by atoms with Crippen LogP contribution in [0.3, 0.4) is 0 Å². The van der Waals surface area contributed by atoms with Gasteiger partial charge in [0, 0.05) is 23.6 Å². The van der Waals surface area contributed by atoms with Gasteiger partial charge < -0.3 is 29.7 Å². The summed E-state index contributed by atoms with van der Waals surface area (Å²) in [4.78, 5) is 11.8. The van der Waals surface area contributed by atoms with Crippen LogP contribution in [0.15, 0.2) is 48.8 Å². The van der Waals surface area contributed by atoms with Gasteiger partial charge in [-0.05, 0) is 18.6 Å². The van der Waals surface area contributed by atoms with Crippen LogP contribution >= 0.6 is 0 Å². The molecule has 4 aromatic heterocycles. The first-order valence-electron chi connectivity index (χ1n) is 12.0. The first-order chi connectivity index (χ1) is 17.6. The molecule has 6 aromatic rings. The molecule has 0 radical (unpaired) electrons. The largest absolute Gasteiger partial charge is 0.506 e. The number of hydrogen-bond acceptors (Lipinski definition) is 5. The fourth-order valence-corrected chi connectivity index (χ4v) is 5.94. The van der Waals surface area contributed by atoms with Crippen molar-refractivity contribution < 1.29 is 24.3 Å². The standard InChI is InChI=1S/C28H24N4O4/c1-35-20-12-29-27(28-22(20)14-6-3-11-19(34)25(14)31-28)17-9-5-8-16-26-23(21(36-2)13-32(16)17)15-7-4-10-18(33)24(15)30-26/h3-4,6-7,10-13,17H,5,8-9H2,1-2H3,(H3,29,31,33,34)/p+1. The second kappa shape index (κ2) is 7.52. The number of nitrogens with zero attached hydrogens (tertiary/aromatic N) is 2. The number of nitrogens with one attached hydrogen (secondary N) is 2. The number of pyridine rings is 2. The van der Waals surface area contributed by atoms with E-state index in [-0.39, 0.29) is 17.5 Å². The summed E-state index contributed by atoms with van der Waals surface area (Å²) < 4.78 is 13.8. The van der Waals surface area contributed by atoms with Crippen molar-refractivity contribution in [2.75, 3.05) is 14.2 Å². The number of ether oxygens (including phenoxy) is 2. The van der Waals surface area contributed by atoms with E-state index in [1.807, 2.05) is 24.3 Å². The number of rotatable bonds is 3. The Bertz CT molecular complexity index is 1840. The number of phenolic OH excluding ortho intramolecular Hbond substituents is 2. The summed E-state index contributed by atoms with van der Waals surface area (Å²) in [7, 11) is 3.31. The number of phenols is 2. The lowest BCUT2D eigenvalue weighted by Gasteiger charge is -2.21. The quantitative estimate of drug-likeness (QED) is 0.266. The summed E-state index contributed by atoms with van der Waals surface area (Å²) in [6.07, 6.45) is 6.58. The monoisotopic (exact) mass is 481 g/mol. The Kier molecular flexibility index (Phi) is 4.36. The lowest BCUT2D eigenvalue weighted by atomic mass is 9.95. The van der Waals surface area contributed by atoms with Gasteiger partial charge in [-0.15, -0.1) is 0 Å². The third-order valence-electron chi connectivity index (χ3n) is 7.53. The van der Waals surface area contributed by atoms with E-state index in [1.54, 1.807) is 32.5 Å². The van der Waals surface area contributed by atoms with Crippen LogP contribution in [0.5, 0.6) is 23.0 Å². The molecular formula is C28H25N4O4+. The summed E-state index contributed by atoms with van der Waals surface area (Å²) in [5.74, 6) is 1.80. The van der Waals surface area contributed by atoms with Crippen molar-refractivity contribution in [3.8, 4) is 23.0 Å². The lowest BCUT2D eigenvalue weighted by molar-refractivity contribution is -0.725. The van der Waals surface area contributed by atoms with Crippen LogP contribution in [0.25, 0.3) is 43.6 Å². The van der Waals surface area contributed by atoms with Gasteiger partial charge in [0.1, 0.15) is 28.5 Å². The van der Waals surface area contributed by atoms with Crippen LogP contribution in [0, 0.1) is 0 Å². The third kappa shape index (κ3) is 2.69. The number of aromatic nitrogens is 4. The van der Waals surface area contributed by atoms with Crippen LogP contribution < -0.4 is 14.0 Å². The molecule has 8 nitrogen and oxygen atoms in total. The van der Waals surface area contributed by atoms with E-state index in [2.05, 4.69) is 20.7 Å². The van der Waals surface area contributed by atoms with Crippen LogP contribution in [0.2, 0.25) is 0 Å². The van der Waals surface area contributed by atoms with Crippen molar-refractivity contribution >= 4 is 43.6 Å². The summed E-state index contributed by atoms with van der Waals surface area (Å²) in [5.41, 5.74) is 5.22. The van der Waals surface area contributed by atoms with Gasteiger partial charge in [0.05, 0.1) is 47.7 Å². The molecule has 2 aromatic carbocycles. The van der Waals surface area contributed by atoms with Gasteiger partial charge in [-0.25, -0.2) is 4.98 Å². The molecule has 0 aliphatic carbocycles. The topological polar surface area (TPSA) is 107 Å². The second-order valence-corrected chi connectivity index (χ2v) is 9.32. The predicted octanol–water partition coefficient (Wildman–Crippen LogP) is 4.99. The van der Waals surface area contributed by atoms with E-state index in [9.17, 15) is 10.2 Å². The zero-order chi connectivity index (χ0) is 24.6. The molecule has 180 valence electrons. The second-order valence-electron chi connectivity index (χ2n) is 9.32. The first-order valence-corrected chi connectivity index (χ1v) is 12.0. The Labute approximate surface area is 205 Å². The van der Waals surface area contributed by atoms with Crippen molar-refractivity contribution in [1.29, 1.82) is 0 Å². The summed E-state index contributed by atoms with van der Waals surface area (Å²) >= 11 is 0. The Morgan fingerprint density at radius 2 is 1.50 bits per heavy atom. The summed E-state index contributed by atoms with van der Waals surface area (Å²) in [6, 6.07) is 11.0. The number of hydrogen-bond donors (Lipinski definition) is 4. The highest BCUT2D eigenvalue weighted by molar-refractivity contribution is 6.13. The van der Waals surface area contributed by atoms with Gasteiger partial charge in [0.25, 0.3) is 0 Å². The maximum Gasteiger partial charge on any atom is 0.212 e. The number of methoxy groups -OCH3 is 2. The van der Waals surface area contributed by atoms with Gasteiger partial charge >= 0.3 is 0 Å². The van der Waals surface area contributed by atoms with Crippen LogP contribution in [-0.4, -0.2) is 39.4 Å². The molecule has 0 saturated carbocycles. The smallest absolute Gasteiger partial charge is 0.212 e. The zero-order valence-corrected chi connectivity index (χ0v) is 19.9. The highest BCUT2D eigenvalue weighted by Crippen LogP contribution is 2.42. The van der Waals surface area contributed by atoms with E-state index >= 15 is 0 Å². The Hall–Kier alpha value is -4.46. The first kappa shape index (κ1) is 20.9. The molecule has 0 fully saturated rings. The minimum atomic E-state index is -0.0596. The molecule has 1 unspecified atom stereocenters. The number of aryl methyl sites for hydroxylation is 1. The molecular weight excluding hydrogens is 456 g/mol. The van der Waals surface area contributed by atoms with Crippen LogP contribution in [0.4, 0.5) is 0 Å². The lowest BCUT2D eigenvalue weighted by Crippen LogP contribution is -2.47. The number of benzene rings is 2. The van der Waals surface area contributed by atoms with Gasteiger partial charge in [-0.2, -0.15) is 4.57 Å². The van der Waals surface area contributed by atoms with E-state index in [0.29, 0.717) is 16.8 Å². The number of para-hydroxylation sites is 2. The molecule has 36 heavy (non-hydrogen) atoms. The molecule has 1 aliphatic heterocycles. The van der Waals surface area contributed by atoms with Crippen molar-refractivity contribution in [3.05, 3.63) is 60.2 Å². The number of aromatic hydroxyl groups is 2. The Morgan fingerprint density at radius 1 is 0.861 bits per heavy atom. The minimum absolute atomic E-state index is 0.0596. The normalized spacial score (nSPS) is 15.7. The van der Waals surface area contributed by atoms with Crippen LogP contribution in [-0.2, 0) is 6.42 Å². The van der Waals surface area contributed by atoms with Gasteiger partial charge in [-0.3, -0.25) is 0 Å². The SMILES string of the molecule is COc1cnc(C2CCCc3c4[nH]c5c(O)cccc5c4c(OC)c[n+]32)c2[nH]c3c(O)cccc3c12. The Morgan fingerprint density at radius 3 is 2.17 bits per heavy atom. The average molecular weight is 482 g/mol. The molecule has 5 heterocycles. The summed E-state index contributed by atoms with van der Waals surface area (Å²) in [5, 5.41) is 24.7. The molecule has 1 aliphatic rings. The molecule has 0 spiro atoms. The predicted molar refractivity (Wildman–Crippen MR) is 137 cm³/mol. The van der Waals surface area contributed by atoms with E-state index in [0.717, 1.165) is 69.0 Å². The fraction of sp³-hybridized carbons (Fsp3) is 0.214.